The van der Waals surface area contributed by atoms with Crippen molar-refractivity contribution in [2.75, 3.05) is 17.4 Å². The largest absolute Gasteiger partial charge is 0.476 e. The molecule has 1 N–H and O–H groups in total. The third kappa shape index (κ3) is 3.77. The van der Waals surface area contributed by atoms with E-state index in [4.69, 9.17) is 4.74 Å². The summed E-state index contributed by atoms with van der Waals surface area (Å²) in [6, 6.07) is 11.1. The van der Waals surface area contributed by atoms with Crippen LogP contribution in [-0.4, -0.2) is 38.4 Å². The van der Waals surface area contributed by atoms with Gasteiger partial charge in [0, 0.05) is 18.7 Å². The number of nitrogens with one attached hydrogen (secondary N) is 1. The van der Waals surface area contributed by atoms with Crippen LogP contribution in [-0.2, 0) is 14.8 Å². The molecule has 1 atom stereocenters. The summed E-state index contributed by atoms with van der Waals surface area (Å²) < 4.78 is 33.2. The fraction of sp³-hybridized carbons (Fsp3) is 0.278. The van der Waals surface area contributed by atoms with Gasteiger partial charge in [0.25, 0.3) is 21.6 Å². The monoisotopic (exact) mass is 405 g/mol. The van der Waals surface area contributed by atoms with E-state index in [1.54, 1.807) is 24.3 Å². The summed E-state index contributed by atoms with van der Waals surface area (Å²) in [5, 5.41) is 13.5. The van der Waals surface area contributed by atoms with E-state index >= 15 is 0 Å². The number of nitro groups is 1. The zero-order valence-electron chi connectivity index (χ0n) is 15.1. The number of carbonyl (C=O) groups excluding carboxylic acids is 1. The number of nitrogens with zero attached hydrogens (tertiary/aromatic N) is 2. The molecule has 3 rings (SSSR count). The maximum absolute atomic E-state index is 13.2. The third-order valence-corrected chi connectivity index (χ3v) is 6.01. The van der Waals surface area contributed by atoms with Crippen molar-refractivity contribution in [2.45, 2.75) is 24.3 Å². The molecule has 2 aromatic carbocycles. The fourth-order valence-corrected chi connectivity index (χ4v) is 4.27. The van der Waals surface area contributed by atoms with Gasteiger partial charge in [-0.2, -0.15) is 0 Å². The van der Waals surface area contributed by atoms with Crippen LogP contribution in [0.15, 0.2) is 53.4 Å². The first-order valence-electron chi connectivity index (χ1n) is 8.65. The van der Waals surface area contributed by atoms with E-state index in [1.807, 2.05) is 6.92 Å². The SMILES string of the molecule is CCCNC(=O)C1CN(S(=O)(=O)c2ccc([N+](=O)[O-])cc2)c2ccccc2O1. The quantitative estimate of drug-likeness (QED) is 0.580. The molecule has 0 saturated carbocycles. The predicted octanol–water partition coefficient (Wildman–Crippen LogP) is 2.08. The number of anilines is 1. The molecule has 148 valence electrons. The standard InChI is InChI=1S/C18H19N3O6S/c1-2-11-19-18(22)17-12-20(15-5-3-4-6-16(15)27-17)28(25,26)14-9-7-13(8-10-14)21(23)24/h3-10,17H,2,11-12H2,1H3,(H,19,22). The van der Waals surface area contributed by atoms with Gasteiger partial charge in [0.2, 0.25) is 0 Å². The number of sulfonamides is 1. The Bertz CT molecular complexity index is 991. The zero-order chi connectivity index (χ0) is 20.3. The molecule has 0 saturated heterocycles. The van der Waals surface area contributed by atoms with Crippen molar-refractivity contribution >= 4 is 27.3 Å². The number of fused-ring (bicyclic) bond motifs is 1. The smallest absolute Gasteiger partial charge is 0.269 e. The number of amides is 1. The van der Waals surface area contributed by atoms with Gasteiger partial charge in [-0.1, -0.05) is 19.1 Å². The van der Waals surface area contributed by atoms with Crippen LogP contribution in [0.25, 0.3) is 0 Å². The Balaban J connectivity index is 1.98. The van der Waals surface area contributed by atoms with Crippen LogP contribution >= 0.6 is 0 Å². The molecule has 28 heavy (non-hydrogen) atoms. The normalized spacial score (nSPS) is 16.0. The van der Waals surface area contributed by atoms with Crippen molar-refractivity contribution in [3.8, 4) is 5.75 Å². The Labute approximate surface area is 162 Å². The van der Waals surface area contributed by atoms with Crippen molar-refractivity contribution in [3.05, 3.63) is 58.6 Å². The molecular weight excluding hydrogens is 386 g/mol. The van der Waals surface area contributed by atoms with Gasteiger partial charge >= 0.3 is 0 Å². The van der Waals surface area contributed by atoms with E-state index in [9.17, 15) is 23.3 Å². The lowest BCUT2D eigenvalue weighted by atomic mass is 10.2. The lowest BCUT2D eigenvalue weighted by molar-refractivity contribution is -0.384. The van der Waals surface area contributed by atoms with Crippen molar-refractivity contribution in [1.29, 1.82) is 0 Å². The second-order valence-electron chi connectivity index (χ2n) is 6.15. The highest BCUT2D eigenvalue weighted by Crippen LogP contribution is 2.37. The van der Waals surface area contributed by atoms with E-state index in [2.05, 4.69) is 5.32 Å². The van der Waals surface area contributed by atoms with Gasteiger partial charge < -0.3 is 10.1 Å². The molecule has 10 heteroatoms. The number of benzene rings is 2. The average molecular weight is 405 g/mol. The average Bonchev–Trinajstić information content (AvgIpc) is 2.71. The lowest BCUT2D eigenvalue weighted by Crippen LogP contribution is -2.50. The summed E-state index contributed by atoms with van der Waals surface area (Å²) in [4.78, 5) is 22.5. The molecule has 9 nitrogen and oxygen atoms in total. The van der Waals surface area contributed by atoms with Gasteiger partial charge in [-0.25, -0.2) is 8.42 Å². The first kappa shape index (κ1) is 19.6. The van der Waals surface area contributed by atoms with Crippen LogP contribution < -0.4 is 14.4 Å². The van der Waals surface area contributed by atoms with Crippen LogP contribution in [0.2, 0.25) is 0 Å². The van der Waals surface area contributed by atoms with E-state index in [0.29, 0.717) is 12.2 Å². The Hall–Kier alpha value is -3.14. The second-order valence-corrected chi connectivity index (χ2v) is 8.01. The minimum absolute atomic E-state index is 0.109. The number of non-ortho nitro benzene ring substituents is 1. The zero-order valence-corrected chi connectivity index (χ0v) is 15.9. The minimum atomic E-state index is -4.05. The number of para-hydroxylation sites is 2. The highest BCUT2D eigenvalue weighted by molar-refractivity contribution is 7.92. The molecular formula is C18H19N3O6S. The fourth-order valence-electron chi connectivity index (χ4n) is 2.80. The number of rotatable bonds is 6. The van der Waals surface area contributed by atoms with Crippen LogP contribution in [0, 0.1) is 10.1 Å². The first-order chi connectivity index (χ1) is 13.3. The summed E-state index contributed by atoms with van der Waals surface area (Å²) in [5.41, 5.74) is 0.0959. The summed E-state index contributed by atoms with van der Waals surface area (Å²) in [6.45, 7) is 2.16. The topological polar surface area (TPSA) is 119 Å². The number of nitro benzene ring substituents is 1. The predicted molar refractivity (Wildman–Crippen MR) is 102 cm³/mol. The number of carbonyl (C=O) groups is 1. The first-order valence-corrected chi connectivity index (χ1v) is 10.1. The number of hydrogen-bond acceptors (Lipinski definition) is 6. The maximum atomic E-state index is 13.2. The van der Waals surface area contributed by atoms with Crippen LogP contribution in [0.5, 0.6) is 5.75 Å². The minimum Gasteiger partial charge on any atom is -0.476 e. The van der Waals surface area contributed by atoms with Crippen LogP contribution in [0.4, 0.5) is 11.4 Å². The molecule has 0 radical (unpaired) electrons. The van der Waals surface area contributed by atoms with Crippen LogP contribution in [0.3, 0.4) is 0 Å². The second kappa shape index (κ2) is 7.85. The van der Waals surface area contributed by atoms with E-state index in [1.165, 1.54) is 12.1 Å². The molecule has 1 aliphatic rings. The van der Waals surface area contributed by atoms with Crippen molar-refractivity contribution < 1.29 is 22.9 Å². The molecule has 0 bridgehead atoms. The van der Waals surface area contributed by atoms with E-state index in [0.717, 1.165) is 22.9 Å². The highest BCUT2D eigenvalue weighted by atomic mass is 32.2. The lowest BCUT2D eigenvalue weighted by Gasteiger charge is -2.34. The Kier molecular flexibility index (Phi) is 5.50. The molecule has 0 fully saturated rings. The molecule has 1 amide bonds. The molecule has 0 aromatic heterocycles. The molecule has 0 spiro atoms. The summed E-state index contributed by atoms with van der Waals surface area (Å²) in [6.07, 6.45) is -0.269. The number of hydrogen-bond donors (Lipinski definition) is 1. The Morgan fingerprint density at radius 2 is 1.93 bits per heavy atom. The molecule has 0 aliphatic carbocycles. The van der Waals surface area contributed by atoms with E-state index in [-0.39, 0.29) is 22.9 Å². The van der Waals surface area contributed by atoms with Gasteiger partial charge in [0.05, 0.1) is 22.1 Å². The summed E-state index contributed by atoms with van der Waals surface area (Å²) in [5.74, 6) is -0.129. The van der Waals surface area contributed by atoms with Crippen LogP contribution in [0.1, 0.15) is 13.3 Å². The van der Waals surface area contributed by atoms with Gasteiger partial charge in [0.1, 0.15) is 5.75 Å². The molecule has 1 aliphatic heterocycles. The van der Waals surface area contributed by atoms with Gasteiger partial charge in [-0.15, -0.1) is 0 Å². The van der Waals surface area contributed by atoms with Crippen molar-refractivity contribution in [2.24, 2.45) is 0 Å². The van der Waals surface area contributed by atoms with E-state index < -0.39 is 27.0 Å². The molecule has 1 unspecified atom stereocenters. The van der Waals surface area contributed by atoms with Crippen molar-refractivity contribution in [3.63, 3.8) is 0 Å². The molecule has 2 aromatic rings. The Morgan fingerprint density at radius 1 is 1.25 bits per heavy atom. The van der Waals surface area contributed by atoms with Gasteiger partial charge in [0.15, 0.2) is 6.10 Å². The maximum Gasteiger partial charge on any atom is 0.269 e. The number of ether oxygens (including phenoxy) is 1. The summed E-state index contributed by atoms with van der Waals surface area (Å²) >= 11 is 0. The van der Waals surface area contributed by atoms with Crippen molar-refractivity contribution in [1.82, 2.24) is 5.32 Å². The van der Waals surface area contributed by atoms with Gasteiger partial charge in [-0.3, -0.25) is 19.2 Å². The molecule has 1 heterocycles. The third-order valence-electron chi connectivity index (χ3n) is 4.21. The highest BCUT2D eigenvalue weighted by Gasteiger charge is 2.37. The Morgan fingerprint density at radius 3 is 2.57 bits per heavy atom. The summed E-state index contributed by atoms with van der Waals surface area (Å²) in [7, 11) is -4.05. The van der Waals surface area contributed by atoms with Gasteiger partial charge in [-0.05, 0) is 30.7 Å².